The Morgan fingerprint density at radius 1 is 1.06 bits per heavy atom. The third-order valence-corrected chi connectivity index (χ3v) is 5.05. The molecular weight excluding hydrogens is 220 g/mol. The molecule has 1 heterocycles. The molecule has 2 rings (SSSR count). The van der Waals surface area contributed by atoms with Crippen LogP contribution in [0.5, 0.6) is 0 Å². The average Bonchev–Trinajstić information content (AvgIpc) is 2.69. The summed E-state index contributed by atoms with van der Waals surface area (Å²) in [5.74, 6) is 1.90. The smallest absolute Gasteiger partial charge is 0.00956 e. The molecule has 2 nitrogen and oxygen atoms in total. The minimum absolute atomic E-state index is 0.820. The molecule has 3 unspecified atom stereocenters. The molecule has 1 saturated carbocycles. The van der Waals surface area contributed by atoms with Crippen molar-refractivity contribution in [3.05, 3.63) is 0 Å². The van der Waals surface area contributed by atoms with E-state index in [0.29, 0.717) is 0 Å². The second-order valence-electron chi connectivity index (χ2n) is 6.52. The first kappa shape index (κ1) is 14.3. The largest absolute Gasteiger partial charge is 0.314 e. The summed E-state index contributed by atoms with van der Waals surface area (Å²) >= 11 is 0. The third-order valence-electron chi connectivity index (χ3n) is 5.05. The van der Waals surface area contributed by atoms with E-state index in [1.165, 1.54) is 64.6 Å². The Hall–Kier alpha value is -0.0800. The lowest BCUT2D eigenvalue weighted by atomic mass is 9.99. The van der Waals surface area contributed by atoms with E-state index in [4.69, 9.17) is 0 Å². The van der Waals surface area contributed by atoms with Crippen molar-refractivity contribution in [2.24, 2.45) is 11.8 Å². The van der Waals surface area contributed by atoms with Gasteiger partial charge in [0.25, 0.3) is 0 Å². The molecule has 0 aromatic rings. The van der Waals surface area contributed by atoms with Crippen LogP contribution in [0.3, 0.4) is 0 Å². The summed E-state index contributed by atoms with van der Waals surface area (Å²) in [6, 6.07) is 0.820. The molecule has 1 N–H and O–H groups in total. The zero-order valence-electron chi connectivity index (χ0n) is 12.5. The molecule has 2 aliphatic rings. The highest BCUT2D eigenvalue weighted by Gasteiger charge is 2.26. The van der Waals surface area contributed by atoms with Crippen LogP contribution in [-0.2, 0) is 0 Å². The van der Waals surface area contributed by atoms with Crippen molar-refractivity contribution >= 4 is 0 Å². The summed E-state index contributed by atoms with van der Waals surface area (Å²) in [5.41, 5.74) is 0. The van der Waals surface area contributed by atoms with Gasteiger partial charge < -0.3 is 10.2 Å². The van der Waals surface area contributed by atoms with Crippen LogP contribution in [0, 0.1) is 11.8 Å². The first-order valence-electron chi connectivity index (χ1n) is 8.25. The molecule has 1 aliphatic carbocycles. The van der Waals surface area contributed by atoms with E-state index < -0.39 is 0 Å². The monoisotopic (exact) mass is 252 g/mol. The lowest BCUT2D eigenvalue weighted by Gasteiger charge is -2.25. The normalized spacial score (nSPS) is 34.7. The first-order chi connectivity index (χ1) is 8.79. The molecule has 1 aliphatic heterocycles. The summed E-state index contributed by atoms with van der Waals surface area (Å²) in [7, 11) is 0. The Morgan fingerprint density at radius 2 is 1.94 bits per heavy atom. The second kappa shape index (κ2) is 7.49. The van der Waals surface area contributed by atoms with Crippen LogP contribution < -0.4 is 5.32 Å². The summed E-state index contributed by atoms with van der Waals surface area (Å²) < 4.78 is 0. The van der Waals surface area contributed by atoms with Crippen LogP contribution in [0.25, 0.3) is 0 Å². The molecule has 0 spiro atoms. The molecule has 0 amide bonds. The molecule has 1 saturated heterocycles. The van der Waals surface area contributed by atoms with Gasteiger partial charge in [-0.3, -0.25) is 0 Å². The molecule has 106 valence electrons. The maximum absolute atomic E-state index is 3.68. The van der Waals surface area contributed by atoms with Crippen LogP contribution in [0.2, 0.25) is 0 Å². The number of likely N-dealkylation sites (tertiary alicyclic amines) is 1. The zero-order valence-corrected chi connectivity index (χ0v) is 12.5. The van der Waals surface area contributed by atoms with E-state index in [2.05, 4.69) is 24.1 Å². The number of rotatable bonds is 5. The van der Waals surface area contributed by atoms with E-state index >= 15 is 0 Å². The molecule has 0 aromatic carbocycles. The van der Waals surface area contributed by atoms with Gasteiger partial charge >= 0.3 is 0 Å². The van der Waals surface area contributed by atoms with E-state index in [1.807, 2.05) is 0 Å². The number of nitrogens with zero attached hydrogens (tertiary/aromatic N) is 1. The minimum Gasteiger partial charge on any atom is -0.314 e. The molecule has 3 atom stereocenters. The van der Waals surface area contributed by atoms with Crippen molar-refractivity contribution in [2.45, 2.75) is 64.8 Å². The van der Waals surface area contributed by atoms with Gasteiger partial charge in [0.1, 0.15) is 0 Å². The van der Waals surface area contributed by atoms with Gasteiger partial charge in [0, 0.05) is 6.04 Å². The second-order valence-corrected chi connectivity index (χ2v) is 6.52. The summed E-state index contributed by atoms with van der Waals surface area (Å²) in [4.78, 5) is 2.73. The van der Waals surface area contributed by atoms with Crippen molar-refractivity contribution in [2.75, 3.05) is 26.2 Å². The number of hydrogen-bond acceptors (Lipinski definition) is 2. The quantitative estimate of drug-likeness (QED) is 0.808. The first-order valence-corrected chi connectivity index (χ1v) is 8.25. The summed E-state index contributed by atoms with van der Waals surface area (Å²) in [6.07, 6.45) is 10.0. The van der Waals surface area contributed by atoms with Crippen LogP contribution in [0.4, 0.5) is 0 Å². The molecule has 0 bridgehead atoms. The van der Waals surface area contributed by atoms with E-state index in [9.17, 15) is 0 Å². The SMILES string of the molecule is CCNC1CCCC1CCN1CCCC(C)CC1. The van der Waals surface area contributed by atoms with Gasteiger partial charge in [0.05, 0.1) is 0 Å². The minimum atomic E-state index is 0.820. The van der Waals surface area contributed by atoms with Crippen LogP contribution in [0.15, 0.2) is 0 Å². The van der Waals surface area contributed by atoms with Gasteiger partial charge in [-0.15, -0.1) is 0 Å². The predicted octanol–water partition coefficient (Wildman–Crippen LogP) is 3.28. The molecule has 0 aromatic heterocycles. The van der Waals surface area contributed by atoms with Crippen molar-refractivity contribution in [3.8, 4) is 0 Å². The fourth-order valence-corrected chi connectivity index (χ4v) is 3.81. The Labute approximate surface area is 114 Å². The maximum Gasteiger partial charge on any atom is 0.00956 e. The van der Waals surface area contributed by atoms with Crippen molar-refractivity contribution < 1.29 is 0 Å². The molecule has 0 radical (unpaired) electrons. The molecule has 18 heavy (non-hydrogen) atoms. The Morgan fingerprint density at radius 3 is 2.78 bits per heavy atom. The van der Waals surface area contributed by atoms with E-state index in [-0.39, 0.29) is 0 Å². The molecule has 2 fully saturated rings. The van der Waals surface area contributed by atoms with Crippen LogP contribution in [-0.4, -0.2) is 37.1 Å². The Balaban J connectivity index is 1.70. The van der Waals surface area contributed by atoms with Gasteiger partial charge in [-0.25, -0.2) is 0 Å². The summed E-state index contributed by atoms with van der Waals surface area (Å²) in [6.45, 7) is 9.84. The van der Waals surface area contributed by atoms with Gasteiger partial charge in [-0.05, 0) is 76.5 Å². The number of hydrogen-bond donors (Lipinski definition) is 1. The lowest BCUT2D eigenvalue weighted by molar-refractivity contribution is 0.246. The average molecular weight is 252 g/mol. The van der Waals surface area contributed by atoms with Gasteiger partial charge in [-0.2, -0.15) is 0 Å². The van der Waals surface area contributed by atoms with Crippen molar-refractivity contribution in [1.82, 2.24) is 10.2 Å². The van der Waals surface area contributed by atoms with E-state index in [1.54, 1.807) is 0 Å². The van der Waals surface area contributed by atoms with Gasteiger partial charge in [-0.1, -0.05) is 20.3 Å². The summed E-state index contributed by atoms with van der Waals surface area (Å²) in [5, 5.41) is 3.68. The highest BCUT2D eigenvalue weighted by atomic mass is 15.1. The molecular formula is C16H32N2. The topological polar surface area (TPSA) is 15.3 Å². The maximum atomic E-state index is 3.68. The Bertz CT molecular complexity index is 229. The highest BCUT2D eigenvalue weighted by molar-refractivity contribution is 4.83. The predicted molar refractivity (Wildman–Crippen MR) is 78.9 cm³/mol. The zero-order chi connectivity index (χ0) is 12.8. The number of nitrogens with one attached hydrogen (secondary N) is 1. The Kier molecular flexibility index (Phi) is 5.97. The highest BCUT2D eigenvalue weighted by Crippen LogP contribution is 2.29. The van der Waals surface area contributed by atoms with Gasteiger partial charge in [0.2, 0.25) is 0 Å². The van der Waals surface area contributed by atoms with E-state index in [0.717, 1.165) is 24.4 Å². The standard InChI is InChI=1S/C16H32N2/c1-3-17-16-8-4-7-15(16)10-13-18-11-5-6-14(2)9-12-18/h14-17H,3-13H2,1-2H3. The van der Waals surface area contributed by atoms with Gasteiger partial charge in [0.15, 0.2) is 0 Å². The van der Waals surface area contributed by atoms with Crippen molar-refractivity contribution in [1.29, 1.82) is 0 Å². The van der Waals surface area contributed by atoms with Crippen molar-refractivity contribution in [3.63, 3.8) is 0 Å². The fourth-order valence-electron chi connectivity index (χ4n) is 3.81. The van der Waals surface area contributed by atoms with Crippen LogP contribution in [0.1, 0.15) is 58.8 Å². The van der Waals surface area contributed by atoms with Crippen LogP contribution >= 0.6 is 0 Å². The fraction of sp³-hybridized carbons (Fsp3) is 1.00. The molecule has 2 heteroatoms. The third kappa shape index (κ3) is 4.24. The lowest BCUT2D eigenvalue weighted by Crippen LogP contribution is -2.35.